The van der Waals surface area contributed by atoms with Gasteiger partial charge in [-0.1, -0.05) is 6.58 Å². The van der Waals surface area contributed by atoms with Crippen molar-refractivity contribution in [1.82, 2.24) is 0 Å². The Bertz CT molecular complexity index is 212. The molecule has 4 nitrogen and oxygen atoms in total. The third kappa shape index (κ3) is 3.16. The smallest absolute Gasteiger partial charge is 0.335 e. The van der Waals surface area contributed by atoms with E-state index in [4.69, 9.17) is 14.2 Å². The van der Waals surface area contributed by atoms with E-state index in [9.17, 15) is 4.79 Å². The number of rotatable bonds is 2. The van der Waals surface area contributed by atoms with Crippen molar-refractivity contribution in [2.45, 2.75) is 26.2 Å². The Balaban J connectivity index is 2.36. The summed E-state index contributed by atoms with van der Waals surface area (Å²) in [6.07, 6.45) is -0.621. The van der Waals surface area contributed by atoms with Gasteiger partial charge < -0.3 is 14.2 Å². The first-order valence-corrected chi connectivity index (χ1v) is 4.19. The topological polar surface area (TPSA) is 44.8 Å². The molecule has 0 radical (unpaired) electrons. The minimum absolute atomic E-state index is 0.0309. The number of carbonyl (C=O) groups excluding carboxylic acids is 1. The molecule has 0 bridgehead atoms. The molecule has 0 spiro atoms. The van der Waals surface area contributed by atoms with Crippen LogP contribution in [0.2, 0.25) is 0 Å². The lowest BCUT2D eigenvalue weighted by Gasteiger charge is -2.27. The molecule has 0 amide bonds. The van der Waals surface area contributed by atoms with Crippen LogP contribution in [-0.4, -0.2) is 31.6 Å². The van der Waals surface area contributed by atoms with Crippen molar-refractivity contribution >= 4 is 5.97 Å². The van der Waals surface area contributed by atoms with E-state index >= 15 is 0 Å². The molecule has 4 heteroatoms. The van der Waals surface area contributed by atoms with E-state index in [1.54, 1.807) is 6.92 Å². The highest BCUT2D eigenvalue weighted by atomic mass is 16.7. The first-order chi connectivity index (χ1) is 6.09. The Morgan fingerprint density at radius 1 is 1.54 bits per heavy atom. The van der Waals surface area contributed by atoms with Crippen molar-refractivity contribution in [3.63, 3.8) is 0 Å². The maximum absolute atomic E-state index is 11.1. The highest BCUT2D eigenvalue weighted by Gasteiger charge is 2.23. The van der Waals surface area contributed by atoms with Crippen LogP contribution < -0.4 is 0 Å². The Kier molecular flexibility index (Phi) is 3.45. The first-order valence-electron chi connectivity index (χ1n) is 4.19. The summed E-state index contributed by atoms with van der Waals surface area (Å²) in [6, 6.07) is 0. The number of hydrogen-bond donors (Lipinski definition) is 0. The maximum Gasteiger partial charge on any atom is 0.335 e. The lowest BCUT2D eigenvalue weighted by molar-refractivity contribution is -0.231. The summed E-state index contributed by atoms with van der Waals surface area (Å²) < 4.78 is 15.4. The third-order valence-electron chi connectivity index (χ3n) is 1.58. The van der Waals surface area contributed by atoms with Crippen LogP contribution in [0.4, 0.5) is 0 Å². The quantitative estimate of drug-likeness (QED) is 0.474. The van der Waals surface area contributed by atoms with Crippen molar-refractivity contribution in [3.8, 4) is 0 Å². The van der Waals surface area contributed by atoms with Crippen molar-refractivity contribution in [3.05, 3.63) is 12.2 Å². The molecule has 1 aliphatic rings. The average molecular weight is 186 g/mol. The molecule has 1 fully saturated rings. The van der Waals surface area contributed by atoms with Crippen LogP contribution in [0.25, 0.3) is 0 Å². The van der Waals surface area contributed by atoms with Gasteiger partial charge in [0.1, 0.15) is 6.61 Å². The Morgan fingerprint density at radius 2 is 2.23 bits per heavy atom. The molecule has 2 unspecified atom stereocenters. The normalized spacial score (nSPS) is 28.2. The number of hydrogen-bond acceptors (Lipinski definition) is 4. The zero-order valence-corrected chi connectivity index (χ0v) is 7.91. The minimum atomic E-state index is -0.590. The number of ether oxygens (including phenoxy) is 3. The molecular weight excluding hydrogens is 172 g/mol. The molecule has 0 aromatic rings. The molecule has 0 aliphatic carbocycles. The summed E-state index contributed by atoms with van der Waals surface area (Å²) in [5.74, 6) is -0.442. The lowest BCUT2D eigenvalue weighted by atomic mass is 10.3. The molecule has 1 heterocycles. The first kappa shape index (κ1) is 10.2. The van der Waals surface area contributed by atoms with E-state index in [1.165, 1.54) is 0 Å². The summed E-state index contributed by atoms with van der Waals surface area (Å²) in [6.45, 7) is 7.76. The molecule has 0 aromatic heterocycles. The fourth-order valence-corrected chi connectivity index (χ4v) is 0.950. The molecular formula is C9H14O4. The standard InChI is InChI=1S/C9H14O4/c1-6(2)9(10)13-8-5-11-4-7(3)12-8/h7-8H,1,4-5H2,2-3H3. The monoisotopic (exact) mass is 186 g/mol. The fourth-order valence-electron chi connectivity index (χ4n) is 0.950. The highest BCUT2D eigenvalue weighted by Crippen LogP contribution is 2.09. The van der Waals surface area contributed by atoms with Crippen LogP contribution in [0, 0.1) is 0 Å². The van der Waals surface area contributed by atoms with Gasteiger partial charge in [-0.25, -0.2) is 4.79 Å². The summed E-state index contributed by atoms with van der Waals surface area (Å²) in [7, 11) is 0. The second-order valence-electron chi connectivity index (χ2n) is 3.10. The average Bonchev–Trinajstić information content (AvgIpc) is 2.04. The van der Waals surface area contributed by atoms with Crippen molar-refractivity contribution in [2.24, 2.45) is 0 Å². The van der Waals surface area contributed by atoms with E-state index < -0.39 is 12.3 Å². The zero-order valence-electron chi connectivity index (χ0n) is 7.91. The van der Waals surface area contributed by atoms with Gasteiger partial charge >= 0.3 is 5.97 Å². The molecule has 1 rings (SSSR count). The van der Waals surface area contributed by atoms with E-state index in [0.717, 1.165) is 0 Å². The van der Waals surface area contributed by atoms with Crippen molar-refractivity contribution in [1.29, 1.82) is 0 Å². The van der Waals surface area contributed by atoms with Gasteiger partial charge in [-0.3, -0.25) is 0 Å². The second kappa shape index (κ2) is 4.39. The molecule has 0 aromatic carbocycles. The van der Waals surface area contributed by atoms with Crippen molar-refractivity contribution < 1.29 is 19.0 Å². The van der Waals surface area contributed by atoms with Gasteiger partial charge in [-0.2, -0.15) is 0 Å². The predicted molar refractivity (Wildman–Crippen MR) is 46.1 cm³/mol. The molecule has 2 atom stereocenters. The lowest BCUT2D eigenvalue weighted by Crippen LogP contribution is -2.37. The van der Waals surface area contributed by atoms with Crippen LogP contribution in [0.15, 0.2) is 12.2 Å². The highest BCUT2D eigenvalue weighted by molar-refractivity contribution is 5.87. The molecule has 1 aliphatic heterocycles. The second-order valence-corrected chi connectivity index (χ2v) is 3.10. The van der Waals surface area contributed by atoms with Crippen LogP contribution >= 0.6 is 0 Å². The SMILES string of the molecule is C=C(C)C(=O)OC1COCC(C)O1. The summed E-state index contributed by atoms with van der Waals surface area (Å²) >= 11 is 0. The van der Waals surface area contributed by atoms with Gasteiger partial charge in [-0.05, 0) is 13.8 Å². The molecule has 74 valence electrons. The number of carbonyl (C=O) groups is 1. The van der Waals surface area contributed by atoms with E-state index in [1.807, 2.05) is 6.92 Å². The van der Waals surface area contributed by atoms with E-state index in [2.05, 4.69) is 6.58 Å². The summed E-state index contributed by atoms with van der Waals surface area (Å²) in [4.78, 5) is 11.1. The Labute approximate surface area is 77.5 Å². The molecule has 0 saturated carbocycles. The van der Waals surface area contributed by atoms with E-state index in [-0.39, 0.29) is 6.10 Å². The van der Waals surface area contributed by atoms with Crippen LogP contribution in [0.5, 0.6) is 0 Å². The van der Waals surface area contributed by atoms with Crippen LogP contribution in [0.1, 0.15) is 13.8 Å². The largest absolute Gasteiger partial charge is 0.430 e. The van der Waals surface area contributed by atoms with Crippen LogP contribution in [-0.2, 0) is 19.0 Å². The van der Waals surface area contributed by atoms with Crippen LogP contribution in [0.3, 0.4) is 0 Å². The zero-order chi connectivity index (χ0) is 9.84. The van der Waals surface area contributed by atoms with Gasteiger partial charge in [0.2, 0.25) is 6.29 Å². The number of esters is 1. The third-order valence-corrected chi connectivity index (χ3v) is 1.58. The van der Waals surface area contributed by atoms with Gasteiger partial charge in [-0.15, -0.1) is 0 Å². The molecule has 13 heavy (non-hydrogen) atoms. The minimum Gasteiger partial charge on any atom is -0.430 e. The summed E-state index contributed by atoms with van der Waals surface area (Å²) in [5, 5.41) is 0. The van der Waals surface area contributed by atoms with Gasteiger partial charge in [0.15, 0.2) is 0 Å². The molecule has 0 N–H and O–H groups in total. The maximum atomic E-state index is 11.1. The fraction of sp³-hybridized carbons (Fsp3) is 0.667. The molecule has 1 saturated heterocycles. The van der Waals surface area contributed by atoms with Gasteiger partial charge in [0.25, 0.3) is 0 Å². The van der Waals surface area contributed by atoms with Crippen molar-refractivity contribution in [2.75, 3.05) is 13.2 Å². The van der Waals surface area contributed by atoms with E-state index in [0.29, 0.717) is 18.8 Å². The summed E-state index contributed by atoms with van der Waals surface area (Å²) in [5.41, 5.74) is 0.363. The van der Waals surface area contributed by atoms with Gasteiger partial charge in [0.05, 0.1) is 12.7 Å². The predicted octanol–water partition coefficient (Wildman–Crippen LogP) is 0.867. The Hall–Kier alpha value is -0.870. The van der Waals surface area contributed by atoms with Gasteiger partial charge in [0, 0.05) is 5.57 Å². The Morgan fingerprint density at radius 3 is 2.77 bits per heavy atom.